The topological polar surface area (TPSA) is 50.2 Å². The Morgan fingerprint density at radius 3 is 2.62 bits per heavy atom. The molecule has 5 heteroatoms. The van der Waals surface area contributed by atoms with Crippen LogP contribution in [0.1, 0.15) is 28.5 Å². The highest BCUT2D eigenvalue weighted by molar-refractivity contribution is 5.92. The summed E-state index contributed by atoms with van der Waals surface area (Å²) in [6.45, 7) is 0.908. The molecule has 1 atom stereocenters. The van der Waals surface area contributed by atoms with Crippen molar-refractivity contribution >= 4 is 5.91 Å². The lowest BCUT2D eigenvalue weighted by molar-refractivity contribution is 0.0924. The van der Waals surface area contributed by atoms with E-state index in [1.165, 1.54) is 0 Å². The molecule has 21 heavy (non-hydrogen) atoms. The Morgan fingerprint density at radius 1 is 1.33 bits per heavy atom. The second-order valence-electron chi connectivity index (χ2n) is 5.42. The van der Waals surface area contributed by atoms with Gasteiger partial charge in [-0.2, -0.15) is 0 Å². The van der Waals surface area contributed by atoms with Crippen molar-refractivity contribution in [1.82, 2.24) is 19.8 Å². The lowest BCUT2D eigenvalue weighted by atomic mass is 10.0. The summed E-state index contributed by atoms with van der Waals surface area (Å²) < 4.78 is 1.73. The zero-order valence-electron chi connectivity index (χ0n) is 12.8. The molecule has 0 saturated carbocycles. The normalized spacial score (nSPS) is 12.4. The van der Waals surface area contributed by atoms with Crippen LogP contribution >= 0.6 is 0 Å². The standard InChI is InChI=1S/C16H22N4O/c1-19(2)10-9-14(13-7-5-4-6-8-13)18-16(21)15-11-17-12-20(15)3/h4-8,11-12,14H,9-10H2,1-3H3,(H,18,21)/t14-/m1/s1. The van der Waals surface area contributed by atoms with Gasteiger partial charge in [-0.25, -0.2) is 4.98 Å². The molecule has 0 aliphatic rings. The largest absolute Gasteiger partial charge is 0.344 e. The van der Waals surface area contributed by atoms with Gasteiger partial charge in [0.15, 0.2) is 0 Å². The number of amides is 1. The van der Waals surface area contributed by atoms with Gasteiger partial charge >= 0.3 is 0 Å². The lowest BCUT2D eigenvalue weighted by Gasteiger charge is -2.21. The van der Waals surface area contributed by atoms with Gasteiger partial charge in [-0.05, 0) is 32.6 Å². The molecule has 0 spiro atoms. The number of nitrogens with zero attached hydrogens (tertiary/aromatic N) is 3. The van der Waals surface area contributed by atoms with Crippen molar-refractivity contribution in [3.8, 4) is 0 Å². The van der Waals surface area contributed by atoms with Crippen molar-refractivity contribution in [2.24, 2.45) is 7.05 Å². The minimum atomic E-state index is -0.0948. The van der Waals surface area contributed by atoms with Crippen LogP contribution in [0, 0.1) is 0 Å². The summed E-state index contributed by atoms with van der Waals surface area (Å²) in [5.41, 5.74) is 1.69. The van der Waals surface area contributed by atoms with Gasteiger partial charge in [0.05, 0.1) is 18.6 Å². The van der Waals surface area contributed by atoms with Crippen LogP contribution < -0.4 is 5.32 Å². The monoisotopic (exact) mass is 286 g/mol. The predicted molar refractivity (Wildman–Crippen MR) is 83.0 cm³/mol. The van der Waals surface area contributed by atoms with E-state index in [-0.39, 0.29) is 11.9 Å². The summed E-state index contributed by atoms with van der Waals surface area (Å²) in [5.74, 6) is -0.0948. The molecule has 112 valence electrons. The molecule has 1 aromatic carbocycles. The molecular weight excluding hydrogens is 264 g/mol. The van der Waals surface area contributed by atoms with Gasteiger partial charge in [0.25, 0.3) is 5.91 Å². The molecule has 1 aromatic heterocycles. The number of aromatic nitrogens is 2. The lowest BCUT2D eigenvalue weighted by Crippen LogP contribution is -2.32. The first kappa shape index (κ1) is 15.3. The van der Waals surface area contributed by atoms with Gasteiger partial charge in [-0.3, -0.25) is 4.79 Å². The molecule has 0 saturated heterocycles. The van der Waals surface area contributed by atoms with E-state index in [2.05, 4.69) is 15.2 Å². The van der Waals surface area contributed by atoms with Crippen LogP contribution in [-0.2, 0) is 7.05 Å². The number of benzene rings is 1. The fourth-order valence-corrected chi connectivity index (χ4v) is 2.20. The summed E-state index contributed by atoms with van der Waals surface area (Å²) in [4.78, 5) is 18.5. The average Bonchev–Trinajstić information content (AvgIpc) is 2.90. The van der Waals surface area contributed by atoms with E-state index in [1.807, 2.05) is 51.5 Å². The Bertz CT molecular complexity index is 577. The van der Waals surface area contributed by atoms with Crippen LogP contribution in [0.5, 0.6) is 0 Å². The van der Waals surface area contributed by atoms with E-state index in [9.17, 15) is 4.79 Å². The quantitative estimate of drug-likeness (QED) is 0.881. The molecule has 0 bridgehead atoms. The maximum absolute atomic E-state index is 12.4. The van der Waals surface area contributed by atoms with Gasteiger partial charge in [0, 0.05) is 7.05 Å². The predicted octanol–water partition coefficient (Wildman–Crippen LogP) is 1.84. The Kier molecular flexibility index (Phi) is 5.11. The Hall–Kier alpha value is -2.14. The fraction of sp³-hybridized carbons (Fsp3) is 0.375. The number of hydrogen-bond acceptors (Lipinski definition) is 3. The smallest absolute Gasteiger partial charge is 0.270 e. The molecular formula is C16H22N4O. The molecule has 0 fully saturated rings. The second-order valence-corrected chi connectivity index (χ2v) is 5.42. The molecule has 5 nitrogen and oxygen atoms in total. The van der Waals surface area contributed by atoms with E-state index in [4.69, 9.17) is 0 Å². The number of carbonyl (C=O) groups excluding carboxylic acids is 1. The Balaban J connectivity index is 2.12. The number of rotatable bonds is 6. The van der Waals surface area contributed by atoms with Gasteiger partial charge in [-0.15, -0.1) is 0 Å². The molecule has 1 heterocycles. The zero-order valence-corrected chi connectivity index (χ0v) is 12.8. The first-order valence-corrected chi connectivity index (χ1v) is 7.05. The highest BCUT2D eigenvalue weighted by Crippen LogP contribution is 2.17. The molecule has 0 radical (unpaired) electrons. The number of aryl methyl sites for hydroxylation is 1. The van der Waals surface area contributed by atoms with Crippen LogP contribution in [0.3, 0.4) is 0 Å². The maximum Gasteiger partial charge on any atom is 0.270 e. The molecule has 0 aliphatic heterocycles. The van der Waals surface area contributed by atoms with Gasteiger partial charge < -0.3 is 14.8 Å². The summed E-state index contributed by atoms with van der Waals surface area (Å²) in [7, 11) is 5.88. The minimum Gasteiger partial charge on any atom is -0.344 e. The number of nitrogens with one attached hydrogen (secondary N) is 1. The van der Waals surface area contributed by atoms with Gasteiger partial charge in [-0.1, -0.05) is 30.3 Å². The van der Waals surface area contributed by atoms with Crippen molar-refractivity contribution in [2.45, 2.75) is 12.5 Å². The summed E-state index contributed by atoms with van der Waals surface area (Å²) in [6.07, 6.45) is 4.08. The third kappa shape index (κ3) is 4.16. The number of carbonyl (C=O) groups is 1. The Labute approximate surface area is 125 Å². The fourth-order valence-electron chi connectivity index (χ4n) is 2.20. The number of hydrogen-bond donors (Lipinski definition) is 1. The van der Waals surface area contributed by atoms with E-state index in [1.54, 1.807) is 17.1 Å². The molecule has 2 aromatic rings. The maximum atomic E-state index is 12.4. The Morgan fingerprint density at radius 2 is 2.05 bits per heavy atom. The van der Waals surface area contributed by atoms with Crippen molar-refractivity contribution in [3.05, 3.63) is 54.1 Å². The van der Waals surface area contributed by atoms with Crippen LogP contribution in [0.4, 0.5) is 0 Å². The van der Waals surface area contributed by atoms with Crippen molar-refractivity contribution in [3.63, 3.8) is 0 Å². The van der Waals surface area contributed by atoms with E-state index in [0.29, 0.717) is 5.69 Å². The number of imidazole rings is 1. The molecule has 2 rings (SSSR count). The summed E-state index contributed by atoms with van der Waals surface area (Å²) in [5, 5.41) is 3.11. The average molecular weight is 286 g/mol. The second kappa shape index (κ2) is 7.04. The van der Waals surface area contributed by atoms with Crippen molar-refractivity contribution in [1.29, 1.82) is 0 Å². The highest BCUT2D eigenvalue weighted by Gasteiger charge is 2.17. The van der Waals surface area contributed by atoms with Crippen molar-refractivity contribution in [2.75, 3.05) is 20.6 Å². The minimum absolute atomic E-state index is 0.00370. The van der Waals surface area contributed by atoms with E-state index < -0.39 is 0 Å². The van der Waals surface area contributed by atoms with Gasteiger partial charge in [0.2, 0.25) is 0 Å². The summed E-state index contributed by atoms with van der Waals surface area (Å²) >= 11 is 0. The zero-order chi connectivity index (χ0) is 15.2. The van der Waals surface area contributed by atoms with Crippen LogP contribution in [0.2, 0.25) is 0 Å². The van der Waals surface area contributed by atoms with Crippen LogP contribution in [0.15, 0.2) is 42.9 Å². The third-order valence-corrected chi connectivity index (χ3v) is 3.42. The summed E-state index contributed by atoms with van der Waals surface area (Å²) in [6, 6.07) is 10.1. The molecule has 1 amide bonds. The third-order valence-electron chi connectivity index (χ3n) is 3.42. The highest BCUT2D eigenvalue weighted by atomic mass is 16.2. The van der Waals surface area contributed by atoms with Crippen LogP contribution in [0.25, 0.3) is 0 Å². The van der Waals surface area contributed by atoms with E-state index in [0.717, 1.165) is 18.5 Å². The van der Waals surface area contributed by atoms with Crippen molar-refractivity contribution < 1.29 is 4.79 Å². The van der Waals surface area contributed by atoms with E-state index >= 15 is 0 Å². The first-order valence-electron chi connectivity index (χ1n) is 7.05. The first-order chi connectivity index (χ1) is 10.1. The molecule has 0 aliphatic carbocycles. The molecule has 0 unspecified atom stereocenters. The van der Waals surface area contributed by atoms with Gasteiger partial charge in [0.1, 0.15) is 5.69 Å². The van der Waals surface area contributed by atoms with Crippen LogP contribution in [-0.4, -0.2) is 41.0 Å². The molecule has 1 N–H and O–H groups in total. The SMILES string of the molecule is CN(C)CC[C@@H](NC(=O)c1cncn1C)c1ccccc1.